The average Bonchev–Trinajstić information content (AvgIpc) is 2.06. The SMILES string of the molecule is CC(C)OCc1nc(Cl)ccc1Cl. The average molecular weight is 220 g/mol. The van der Waals surface area contributed by atoms with Crippen LogP contribution in [0.1, 0.15) is 19.5 Å². The lowest BCUT2D eigenvalue weighted by Crippen LogP contribution is -2.04. The van der Waals surface area contributed by atoms with Gasteiger partial charge in [0.2, 0.25) is 0 Å². The van der Waals surface area contributed by atoms with Gasteiger partial charge in [0.15, 0.2) is 0 Å². The Labute approximate surface area is 87.8 Å². The van der Waals surface area contributed by atoms with Crippen LogP contribution in [-0.2, 0) is 11.3 Å². The summed E-state index contributed by atoms with van der Waals surface area (Å²) in [5.74, 6) is 0. The highest BCUT2D eigenvalue weighted by molar-refractivity contribution is 6.32. The van der Waals surface area contributed by atoms with Crippen LogP contribution in [0.25, 0.3) is 0 Å². The van der Waals surface area contributed by atoms with Crippen molar-refractivity contribution >= 4 is 23.2 Å². The molecular formula is C9H11Cl2NO. The predicted molar refractivity (Wildman–Crippen MR) is 54.2 cm³/mol. The molecule has 0 fully saturated rings. The molecule has 4 heteroatoms. The van der Waals surface area contributed by atoms with Gasteiger partial charge in [0.25, 0.3) is 0 Å². The van der Waals surface area contributed by atoms with Gasteiger partial charge in [-0.15, -0.1) is 0 Å². The van der Waals surface area contributed by atoms with Gasteiger partial charge in [-0.1, -0.05) is 23.2 Å². The molecule has 1 heterocycles. The Hall–Kier alpha value is -0.310. The second-order valence-electron chi connectivity index (χ2n) is 2.92. The number of aromatic nitrogens is 1. The van der Waals surface area contributed by atoms with Crippen molar-refractivity contribution in [3.05, 3.63) is 28.0 Å². The third-order valence-corrected chi connectivity index (χ3v) is 1.99. The standard InChI is InChI=1S/C9H11Cl2NO/c1-6(2)13-5-8-7(10)3-4-9(11)12-8/h3-4,6H,5H2,1-2H3. The van der Waals surface area contributed by atoms with Crippen molar-refractivity contribution in [2.24, 2.45) is 0 Å². The first kappa shape index (κ1) is 10.8. The summed E-state index contributed by atoms with van der Waals surface area (Å²) in [6, 6.07) is 3.37. The van der Waals surface area contributed by atoms with E-state index in [1.165, 1.54) is 0 Å². The second kappa shape index (κ2) is 4.80. The Kier molecular flexibility index (Phi) is 3.97. The lowest BCUT2D eigenvalue weighted by Gasteiger charge is -2.07. The van der Waals surface area contributed by atoms with E-state index in [0.717, 1.165) is 0 Å². The minimum absolute atomic E-state index is 0.164. The highest BCUT2D eigenvalue weighted by Crippen LogP contribution is 2.17. The minimum atomic E-state index is 0.164. The van der Waals surface area contributed by atoms with Crippen LogP contribution in [0.2, 0.25) is 10.2 Å². The molecule has 72 valence electrons. The van der Waals surface area contributed by atoms with Crippen LogP contribution in [0.5, 0.6) is 0 Å². The molecule has 1 aromatic heterocycles. The molecule has 2 nitrogen and oxygen atoms in total. The Morgan fingerprint density at radius 2 is 2.08 bits per heavy atom. The Bertz CT molecular complexity index is 289. The first-order chi connectivity index (χ1) is 6.09. The first-order valence-corrected chi connectivity index (χ1v) is 4.77. The lowest BCUT2D eigenvalue weighted by atomic mass is 10.3. The number of hydrogen-bond donors (Lipinski definition) is 0. The molecule has 0 aliphatic carbocycles. The molecule has 0 amide bonds. The molecule has 0 saturated carbocycles. The zero-order valence-electron chi connectivity index (χ0n) is 7.55. The smallest absolute Gasteiger partial charge is 0.129 e. The van der Waals surface area contributed by atoms with Crippen molar-refractivity contribution in [3.8, 4) is 0 Å². The fourth-order valence-electron chi connectivity index (χ4n) is 0.805. The van der Waals surface area contributed by atoms with E-state index in [1.54, 1.807) is 12.1 Å². The monoisotopic (exact) mass is 219 g/mol. The van der Waals surface area contributed by atoms with E-state index in [9.17, 15) is 0 Å². The summed E-state index contributed by atoms with van der Waals surface area (Å²) >= 11 is 11.6. The third kappa shape index (κ3) is 3.51. The van der Waals surface area contributed by atoms with Gasteiger partial charge in [0.1, 0.15) is 5.15 Å². The van der Waals surface area contributed by atoms with E-state index < -0.39 is 0 Å². The molecule has 0 unspecified atom stereocenters. The van der Waals surface area contributed by atoms with Gasteiger partial charge in [-0.3, -0.25) is 0 Å². The Balaban J connectivity index is 2.70. The molecule has 0 spiro atoms. The van der Waals surface area contributed by atoms with Crippen LogP contribution >= 0.6 is 23.2 Å². The number of hydrogen-bond acceptors (Lipinski definition) is 2. The van der Waals surface area contributed by atoms with Crippen molar-refractivity contribution in [1.29, 1.82) is 0 Å². The summed E-state index contributed by atoms with van der Waals surface area (Å²) in [5.41, 5.74) is 0.683. The Morgan fingerprint density at radius 1 is 1.38 bits per heavy atom. The van der Waals surface area contributed by atoms with Crippen molar-refractivity contribution < 1.29 is 4.74 Å². The molecule has 13 heavy (non-hydrogen) atoms. The van der Waals surface area contributed by atoms with Crippen LogP contribution in [0.4, 0.5) is 0 Å². The molecule has 0 radical (unpaired) electrons. The summed E-state index contributed by atoms with van der Waals surface area (Å²) < 4.78 is 5.36. The highest BCUT2D eigenvalue weighted by atomic mass is 35.5. The molecule has 1 aromatic rings. The molecule has 1 rings (SSSR count). The fraction of sp³-hybridized carbons (Fsp3) is 0.444. The summed E-state index contributed by atoms with van der Waals surface area (Å²) in [5, 5.41) is 1.02. The number of rotatable bonds is 3. The largest absolute Gasteiger partial charge is 0.372 e. The van der Waals surface area contributed by atoms with Crippen LogP contribution in [-0.4, -0.2) is 11.1 Å². The van der Waals surface area contributed by atoms with Gasteiger partial charge >= 0.3 is 0 Å². The molecule has 0 saturated heterocycles. The van der Waals surface area contributed by atoms with Gasteiger partial charge < -0.3 is 4.74 Å². The number of nitrogens with zero attached hydrogens (tertiary/aromatic N) is 1. The summed E-state index contributed by atoms with van der Waals surface area (Å²) in [6.45, 7) is 4.31. The van der Waals surface area contributed by atoms with E-state index in [1.807, 2.05) is 13.8 Å². The molecule has 0 N–H and O–H groups in total. The maximum absolute atomic E-state index is 5.88. The Morgan fingerprint density at radius 3 is 2.69 bits per heavy atom. The van der Waals surface area contributed by atoms with Crippen molar-refractivity contribution in [1.82, 2.24) is 4.98 Å². The fourth-order valence-corrected chi connectivity index (χ4v) is 1.13. The van der Waals surface area contributed by atoms with Crippen LogP contribution < -0.4 is 0 Å². The molecule has 0 atom stereocenters. The van der Waals surface area contributed by atoms with Gasteiger partial charge in [-0.2, -0.15) is 0 Å². The summed E-state index contributed by atoms with van der Waals surface area (Å²) in [7, 11) is 0. The van der Waals surface area contributed by atoms with Gasteiger partial charge in [-0.25, -0.2) is 4.98 Å². The molecule has 0 aromatic carbocycles. The number of ether oxygens (including phenoxy) is 1. The van der Waals surface area contributed by atoms with Crippen LogP contribution in [0, 0.1) is 0 Å². The molecule has 0 aliphatic heterocycles. The van der Waals surface area contributed by atoms with Gasteiger partial charge in [-0.05, 0) is 26.0 Å². The second-order valence-corrected chi connectivity index (χ2v) is 3.72. The third-order valence-electron chi connectivity index (χ3n) is 1.44. The maximum atomic E-state index is 5.88. The maximum Gasteiger partial charge on any atom is 0.129 e. The highest BCUT2D eigenvalue weighted by Gasteiger charge is 2.04. The zero-order valence-corrected chi connectivity index (χ0v) is 9.06. The van der Waals surface area contributed by atoms with Gasteiger partial charge in [0, 0.05) is 0 Å². The molecular weight excluding hydrogens is 209 g/mol. The number of pyridine rings is 1. The van der Waals surface area contributed by atoms with Gasteiger partial charge in [0.05, 0.1) is 23.4 Å². The molecule has 0 bridgehead atoms. The number of halogens is 2. The topological polar surface area (TPSA) is 22.1 Å². The van der Waals surface area contributed by atoms with Crippen LogP contribution in [0.3, 0.4) is 0 Å². The van der Waals surface area contributed by atoms with Crippen LogP contribution in [0.15, 0.2) is 12.1 Å². The van der Waals surface area contributed by atoms with Crippen molar-refractivity contribution in [3.63, 3.8) is 0 Å². The summed E-state index contributed by atoms with van der Waals surface area (Å²) in [4.78, 5) is 4.05. The quantitative estimate of drug-likeness (QED) is 0.729. The minimum Gasteiger partial charge on any atom is -0.372 e. The van der Waals surface area contributed by atoms with E-state index in [2.05, 4.69) is 4.98 Å². The van der Waals surface area contributed by atoms with E-state index in [4.69, 9.17) is 27.9 Å². The summed E-state index contributed by atoms with van der Waals surface area (Å²) in [6.07, 6.45) is 0.164. The van der Waals surface area contributed by atoms with E-state index in [0.29, 0.717) is 22.5 Å². The molecule has 0 aliphatic rings. The van der Waals surface area contributed by atoms with Crippen molar-refractivity contribution in [2.45, 2.75) is 26.6 Å². The first-order valence-electron chi connectivity index (χ1n) is 4.02. The van der Waals surface area contributed by atoms with E-state index >= 15 is 0 Å². The zero-order chi connectivity index (χ0) is 9.84. The normalized spacial score (nSPS) is 10.8. The van der Waals surface area contributed by atoms with Crippen molar-refractivity contribution in [2.75, 3.05) is 0 Å². The lowest BCUT2D eigenvalue weighted by molar-refractivity contribution is 0.0636. The predicted octanol–water partition coefficient (Wildman–Crippen LogP) is 3.31. The van der Waals surface area contributed by atoms with E-state index in [-0.39, 0.29) is 6.10 Å².